The highest BCUT2D eigenvalue weighted by atomic mass is 16.2. The van der Waals surface area contributed by atoms with Gasteiger partial charge in [0, 0.05) is 6.92 Å². The van der Waals surface area contributed by atoms with Crippen LogP contribution in [0.5, 0.6) is 0 Å². The minimum atomic E-state index is -0.475. The van der Waals surface area contributed by atoms with Crippen LogP contribution in [0.4, 0.5) is 0 Å². The summed E-state index contributed by atoms with van der Waals surface area (Å²) in [4.78, 5) is 21.0. The van der Waals surface area contributed by atoms with Gasteiger partial charge in [-0.2, -0.15) is 0 Å². The number of hydrogen-bond acceptors (Lipinski definition) is 2. The Kier molecular flexibility index (Phi) is 3.33. The van der Waals surface area contributed by atoms with Crippen LogP contribution >= 0.6 is 0 Å². The smallest absolute Gasteiger partial charge is 0.221 e. The Morgan fingerprint density at radius 3 is 2.10 bits per heavy atom. The number of ketones is 2. The van der Waals surface area contributed by atoms with Gasteiger partial charge in [0.15, 0.2) is 5.78 Å². The summed E-state index contributed by atoms with van der Waals surface area (Å²) in [6.07, 6.45) is 2.80. The minimum absolute atomic E-state index is 0.443. The topological polar surface area (TPSA) is 34.1 Å². The van der Waals surface area contributed by atoms with Crippen LogP contribution in [-0.2, 0) is 9.59 Å². The zero-order valence-corrected chi connectivity index (χ0v) is 6.18. The van der Waals surface area contributed by atoms with Gasteiger partial charge in [0.2, 0.25) is 5.78 Å². The predicted octanol–water partition coefficient (Wildman–Crippen LogP) is 1.28. The zero-order valence-electron chi connectivity index (χ0n) is 6.18. The third-order valence-electron chi connectivity index (χ3n) is 1.03. The van der Waals surface area contributed by atoms with Crippen LogP contribution in [0.1, 0.15) is 13.8 Å². The number of allylic oxidation sites excluding steroid dienone is 3. The first-order valence-electron chi connectivity index (χ1n) is 2.93. The van der Waals surface area contributed by atoms with E-state index in [1.54, 1.807) is 6.92 Å². The quantitative estimate of drug-likeness (QED) is 0.334. The summed E-state index contributed by atoms with van der Waals surface area (Å²) in [5.74, 6) is -0.918. The molecule has 0 rings (SSSR count). The van der Waals surface area contributed by atoms with Crippen molar-refractivity contribution in [3.05, 3.63) is 24.3 Å². The Balaban J connectivity index is 4.27. The van der Waals surface area contributed by atoms with Crippen molar-refractivity contribution >= 4 is 11.6 Å². The fourth-order valence-electron chi connectivity index (χ4n) is 0.367. The van der Waals surface area contributed by atoms with Crippen LogP contribution in [0.3, 0.4) is 0 Å². The molecule has 0 aliphatic rings. The Labute approximate surface area is 60.2 Å². The predicted molar refractivity (Wildman–Crippen MR) is 39.6 cm³/mol. The lowest BCUT2D eigenvalue weighted by molar-refractivity contribution is -0.132. The standard InChI is InChI=1S/C8H10O2/c1-4-6(2)5-8(10)7(3)9/h4-5H,1H2,2-3H3/b6-5-. The molecule has 2 nitrogen and oxygen atoms in total. The van der Waals surface area contributed by atoms with E-state index >= 15 is 0 Å². The van der Waals surface area contributed by atoms with Crippen LogP contribution in [0.25, 0.3) is 0 Å². The summed E-state index contributed by atoms with van der Waals surface area (Å²) >= 11 is 0. The molecule has 0 aromatic carbocycles. The summed E-state index contributed by atoms with van der Waals surface area (Å²) in [5, 5.41) is 0. The number of Topliss-reactive ketones (excluding diaryl/α,β-unsaturated/α-hetero) is 1. The van der Waals surface area contributed by atoms with E-state index in [0.29, 0.717) is 5.57 Å². The van der Waals surface area contributed by atoms with Gasteiger partial charge >= 0.3 is 0 Å². The van der Waals surface area contributed by atoms with Gasteiger partial charge in [-0.1, -0.05) is 12.7 Å². The van der Waals surface area contributed by atoms with Gasteiger partial charge in [0.05, 0.1) is 0 Å². The van der Waals surface area contributed by atoms with Gasteiger partial charge in [-0.05, 0) is 18.6 Å². The van der Waals surface area contributed by atoms with Crippen LogP contribution in [0, 0.1) is 0 Å². The second-order valence-corrected chi connectivity index (χ2v) is 2.01. The molecule has 0 atom stereocenters. The normalized spacial score (nSPS) is 10.8. The third-order valence-corrected chi connectivity index (χ3v) is 1.03. The van der Waals surface area contributed by atoms with E-state index in [-0.39, 0.29) is 0 Å². The maximum atomic E-state index is 10.6. The molecule has 10 heavy (non-hydrogen) atoms. The minimum Gasteiger partial charge on any atom is -0.291 e. The van der Waals surface area contributed by atoms with Gasteiger partial charge in [0.1, 0.15) is 0 Å². The van der Waals surface area contributed by atoms with E-state index in [4.69, 9.17) is 0 Å². The molecule has 0 amide bonds. The molecule has 54 valence electrons. The molecule has 0 aromatic heterocycles. The molecule has 0 aliphatic heterocycles. The molecule has 0 N–H and O–H groups in total. The van der Waals surface area contributed by atoms with E-state index < -0.39 is 11.6 Å². The van der Waals surface area contributed by atoms with Crippen molar-refractivity contribution in [2.24, 2.45) is 0 Å². The highest BCUT2D eigenvalue weighted by Gasteiger charge is 2.01. The van der Waals surface area contributed by atoms with Gasteiger partial charge in [-0.15, -0.1) is 0 Å². The molecule has 2 heteroatoms. The Morgan fingerprint density at radius 2 is 1.80 bits per heavy atom. The first-order valence-corrected chi connectivity index (χ1v) is 2.93. The average Bonchev–Trinajstić information content (AvgIpc) is 1.87. The second-order valence-electron chi connectivity index (χ2n) is 2.01. The van der Waals surface area contributed by atoms with Gasteiger partial charge in [-0.25, -0.2) is 0 Å². The lowest BCUT2D eigenvalue weighted by Crippen LogP contribution is -2.05. The number of carbonyl (C=O) groups excluding carboxylic acids is 2. The van der Waals surface area contributed by atoms with Crippen LogP contribution in [-0.4, -0.2) is 11.6 Å². The highest BCUT2D eigenvalue weighted by Crippen LogP contribution is 1.92. The number of rotatable bonds is 3. The van der Waals surface area contributed by atoms with Crippen molar-refractivity contribution in [3.63, 3.8) is 0 Å². The first-order chi connectivity index (χ1) is 4.57. The maximum Gasteiger partial charge on any atom is 0.221 e. The van der Waals surface area contributed by atoms with Gasteiger partial charge in [0.25, 0.3) is 0 Å². The molecule has 0 radical (unpaired) electrons. The summed E-state index contributed by atoms with van der Waals surface area (Å²) in [6.45, 7) is 6.40. The summed E-state index contributed by atoms with van der Waals surface area (Å²) in [7, 11) is 0. The van der Waals surface area contributed by atoms with Crippen molar-refractivity contribution in [1.29, 1.82) is 0 Å². The molecular formula is C8H10O2. The molecule has 0 heterocycles. The Hall–Kier alpha value is -1.18. The Bertz CT molecular complexity index is 199. The van der Waals surface area contributed by atoms with Crippen molar-refractivity contribution in [2.45, 2.75) is 13.8 Å². The fraction of sp³-hybridized carbons (Fsp3) is 0.250. The zero-order chi connectivity index (χ0) is 8.15. The summed E-state index contributed by atoms with van der Waals surface area (Å²) in [6, 6.07) is 0. The second kappa shape index (κ2) is 3.77. The van der Waals surface area contributed by atoms with Crippen molar-refractivity contribution in [1.82, 2.24) is 0 Å². The summed E-state index contributed by atoms with van der Waals surface area (Å²) in [5.41, 5.74) is 0.709. The molecule has 0 aliphatic carbocycles. The van der Waals surface area contributed by atoms with Gasteiger partial charge < -0.3 is 0 Å². The van der Waals surface area contributed by atoms with Crippen molar-refractivity contribution in [3.8, 4) is 0 Å². The highest BCUT2D eigenvalue weighted by molar-refractivity contribution is 6.40. The molecule has 0 aromatic rings. The van der Waals surface area contributed by atoms with E-state index in [9.17, 15) is 9.59 Å². The number of hydrogen-bond donors (Lipinski definition) is 0. The molecule has 0 unspecified atom stereocenters. The largest absolute Gasteiger partial charge is 0.291 e. The Morgan fingerprint density at radius 1 is 1.30 bits per heavy atom. The van der Waals surface area contributed by atoms with E-state index in [0.717, 1.165) is 0 Å². The maximum absolute atomic E-state index is 10.6. The molecule has 0 bridgehead atoms. The fourth-order valence-corrected chi connectivity index (χ4v) is 0.367. The van der Waals surface area contributed by atoms with E-state index in [1.165, 1.54) is 19.1 Å². The van der Waals surface area contributed by atoms with Crippen LogP contribution < -0.4 is 0 Å². The van der Waals surface area contributed by atoms with Gasteiger partial charge in [-0.3, -0.25) is 9.59 Å². The third kappa shape index (κ3) is 2.97. The van der Waals surface area contributed by atoms with Crippen molar-refractivity contribution in [2.75, 3.05) is 0 Å². The van der Waals surface area contributed by atoms with Crippen LogP contribution in [0.15, 0.2) is 24.3 Å². The lowest BCUT2D eigenvalue weighted by atomic mass is 10.2. The lowest BCUT2D eigenvalue weighted by Gasteiger charge is -1.87. The monoisotopic (exact) mass is 138 g/mol. The molecule has 0 saturated heterocycles. The van der Waals surface area contributed by atoms with Crippen LogP contribution in [0.2, 0.25) is 0 Å². The molecular weight excluding hydrogens is 128 g/mol. The first kappa shape index (κ1) is 8.82. The number of carbonyl (C=O) groups is 2. The molecule has 0 spiro atoms. The SMILES string of the molecule is C=C/C(C)=C\C(=O)C(C)=O. The summed E-state index contributed by atoms with van der Waals surface area (Å²) < 4.78 is 0. The molecule has 0 fully saturated rings. The average molecular weight is 138 g/mol. The molecule has 0 saturated carbocycles. The van der Waals surface area contributed by atoms with E-state index in [2.05, 4.69) is 6.58 Å². The van der Waals surface area contributed by atoms with Crippen molar-refractivity contribution < 1.29 is 9.59 Å². The van der Waals surface area contributed by atoms with E-state index in [1.807, 2.05) is 0 Å².